The van der Waals surface area contributed by atoms with Crippen LogP contribution in [0.2, 0.25) is 0 Å². The molecule has 1 N–H and O–H groups in total. The number of fused-ring (bicyclic) bond motifs is 1. The van der Waals surface area contributed by atoms with Crippen LogP contribution < -0.4 is 14.9 Å². The van der Waals surface area contributed by atoms with Gasteiger partial charge in [-0.15, -0.1) is 0 Å². The Balaban J connectivity index is 1.42. The Hall–Kier alpha value is -3.99. The number of carbonyl (C=O) groups excluding carboxylic acids is 1. The largest absolute Gasteiger partial charge is 0.490 e. The summed E-state index contributed by atoms with van der Waals surface area (Å²) >= 11 is 2.15. The zero-order chi connectivity index (χ0) is 26.2. The molecule has 4 rings (SSSR count). The molecule has 0 atom stereocenters. The highest BCUT2D eigenvalue weighted by molar-refractivity contribution is 14.1. The Morgan fingerprint density at radius 1 is 1.05 bits per heavy atom. The molecule has 0 aromatic heterocycles. The number of nitrogens with zero attached hydrogens (tertiary/aromatic N) is 2. The third-order valence-corrected chi connectivity index (χ3v) is 6.30. The number of halogens is 1. The van der Waals surface area contributed by atoms with E-state index in [-0.39, 0.29) is 24.6 Å². The molecule has 0 unspecified atom stereocenters. The summed E-state index contributed by atoms with van der Waals surface area (Å²) in [5.74, 6) is 0.896. The van der Waals surface area contributed by atoms with Crippen LogP contribution in [0.1, 0.15) is 23.6 Å². The van der Waals surface area contributed by atoms with Crippen molar-refractivity contribution in [3.05, 3.63) is 109 Å². The topological polar surface area (TPSA) is 103 Å². The summed E-state index contributed by atoms with van der Waals surface area (Å²) in [7, 11) is 0. The second-order valence-electron chi connectivity index (χ2n) is 8.08. The van der Waals surface area contributed by atoms with Crippen molar-refractivity contribution in [3.63, 3.8) is 0 Å². The molecule has 188 valence electrons. The van der Waals surface area contributed by atoms with Crippen molar-refractivity contribution >= 4 is 51.2 Å². The van der Waals surface area contributed by atoms with Crippen molar-refractivity contribution in [1.29, 1.82) is 0 Å². The number of nitro benzene ring substituents is 1. The molecule has 0 radical (unpaired) electrons. The van der Waals surface area contributed by atoms with E-state index in [4.69, 9.17) is 9.47 Å². The third-order valence-electron chi connectivity index (χ3n) is 5.50. The van der Waals surface area contributed by atoms with E-state index in [0.29, 0.717) is 18.1 Å². The van der Waals surface area contributed by atoms with E-state index in [1.165, 1.54) is 12.1 Å². The van der Waals surface area contributed by atoms with Gasteiger partial charge in [-0.2, -0.15) is 5.10 Å². The van der Waals surface area contributed by atoms with Crippen LogP contribution in [-0.2, 0) is 17.8 Å². The molecule has 0 aliphatic heterocycles. The second kappa shape index (κ2) is 12.3. The van der Waals surface area contributed by atoms with Gasteiger partial charge in [0.25, 0.3) is 5.69 Å². The third kappa shape index (κ3) is 6.82. The van der Waals surface area contributed by atoms with Crippen LogP contribution in [0.3, 0.4) is 0 Å². The van der Waals surface area contributed by atoms with Gasteiger partial charge in [0, 0.05) is 12.1 Å². The highest BCUT2D eigenvalue weighted by Gasteiger charge is 2.13. The van der Waals surface area contributed by atoms with Gasteiger partial charge in [0.1, 0.15) is 6.61 Å². The lowest BCUT2D eigenvalue weighted by atomic mass is 10.0. The summed E-state index contributed by atoms with van der Waals surface area (Å²) in [6, 6.07) is 23.7. The number of amides is 1. The molecule has 0 heterocycles. The predicted octanol–water partition coefficient (Wildman–Crippen LogP) is 6.02. The van der Waals surface area contributed by atoms with Gasteiger partial charge in [-0.1, -0.05) is 42.5 Å². The molecule has 0 spiro atoms. The fourth-order valence-electron chi connectivity index (χ4n) is 3.77. The summed E-state index contributed by atoms with van der Waals surface area (Å²) < 4.78 is 12.6. The number of carbonyl (C=O) groups is 1. The highest BCUT2D eigenvalue weighted by atomic mass is 127. The lowest BCUT2D eigenvalue weighted by Crippen LogP contribution is -2.19. The number of hydrazone groups is 1. The van der Waals surface area contributed by atoms with Crippen molar-refractivity contribution in [3.8, 4) is 11.5 Å². The molecule has 9 heteroatoms. The molecular formula is C28H24IN3O5. The fourth-order valence-corrected chi connectivity index (χ4v) is 4.55. The zero-order valence-electron chi connectivity index (χ0n) is 20.0. The molecule has 37 heavy (non-hydrogen) atoms. The quantitative estimate of drug-likeness (QED) is 0.103. The van der Waals surface area contributed by atoms with Crippen LogP contribution in [0, 0.1) is 13.7 Å². The van der Waals surface area contributed by atoms with E-state index < -0.39 is 4.92 Å². The number of hydrogen-bond acceptors (Lipinski definition) is 6. The monoisotopic (exact) mass is 609 g/mol. The summed E-state index contributed by atoms with van der Waals surface area (Å²) in [4.78, 5) is 22.9. The van der Waals surface area contributed by atoms with Crippen molar-refractivity contribution < 1.29 is 19.2 Å². The maximum atomic E-state index is 12.5. The second-order valence-corrected chi connectivity index (χ2v) is 9.25. The standard InChI is InChI=1S/C28H24IN3O5/c1-2-36-26-15-20(14-25(29)28(26)37-18-19-10-12-23(13-11-19)32(34)35)17-30-31-27(33)16-22-8-5-7-21-6-3-4-9-24(21)22/h3-15,17H,2,16,18H2,1H3,(H,31,33)/b30-17-. The number of nitro groups is 1. The van der Waals surface area contributed by atoms with Crippen LogP contribution in [-0.4, -0.2) is 23.7 Å². The number of ether oxygens (including phenoxy) is 2. The maximum Gasteiger partial charge on any atom is 0.269 e. The Labute approximate surface area is 227 Å². The maximum absolute atomic E-state index is 12.5. The van der Waals surface area contributed by atoms with Gasteiger partial charge in [0.05, 0.1) is 27.7 Å². The van der Waals surface area contributed by atoms with E-state index in [0.717, 1.165) is 31.0 Å². The molecule has 0 aliphatic carbocycles. The van der Waals surface area contributed by atoms with Crippen LogP contribution in [0.4, 0.5) is 5.69 Å². The van der Waals surface area contributed by atoms with Crippen molar-refractivity contribution in [2.24, 2.45) is 5.10 Å². The molecular weight excluding hydrogens is 585 g/mol. The minimum absolute atomic E-state index is 0.0289. The molecule has 8 nitrogen and oxygen atoms in total. The van der Waals surface area contributed by atoms with Gasteiger partial charge in [0.2, 0.25) is 5.91 Å². The predicted molar refractivity (Wildman–Crippen MR) is 151 cm³/mol. The molecule has 4 aromatic carbocycles. The number of nitrogens with one attached hydrogen (secondary N) is 1. The summed E-state index contributed by atoms with van der Waals surface area (Å²) in [5.41, 5.74) is 5.10. The fraction of sp³-hybridized carbons (Fsp3) is 0.143. The number of non-ortho nitro benzene ring substituents is 1. The lowest BCUT2D eigenvalue weighted by molar-refractivity contribution is -0.384. The van der Waals surface area contributed by atoms with E-state index in [2.05, 4.69) is 33.1 Å². The number of benzene rings is 4. The number of rotatable bonds is 10. The van der Waals surface area contributed by atoms with E-state index >= 15 is 0 Å². The Bertz CT molecular complexity index is 1450. The molecule has 0 saturated carbocycles. The molecule has 0 saturated heterocycles. The Morgan fingerprint density at radius 2 is 1.81 bits per heavy atom. The van der Waals surface area contributed by atoms with Gasteiger partial charge in [0.15, 0.2) is 11.5 Å². The Morgan fingerprint density at radius 3 is 2.57 bits per heavy atom. The van der Waals surface area contributed by atoms with E-state index in [1.54, 1.807) is 24.4 Å². The van der Waals surface area contributed by atoms with Gasteiger partial charge < -0.3 is 9.47 Å². The first kappa shape index (κ1) is 26.1. The first-order valence-corrected chi connectivity index (χ1v) is 12.6. The van der Waals surface area contributed by atoms with Crippen molar-refractivity contribution in [2.75, 3.05) is 6.61 Å². The minimum Gasteiger partial charge on any atom is -0.490 e. The first-order valence-electron chi connectivity index (χ1n) is 11.6. The number of hydrogen-bond donors (Lipinski definition) is 1. The van der Waals surface area contributed by atoms with E-state index in [9.17, 15) is 14.9 Å². The van der Waals surface area contributed by atoms with Crippen molar-refractivity contribution in [2.45, 2.75) is 20.0 Å². The highest BCUT2D eigenvalue weighted by Crippen LogP contribution is 2.34. The average Bonchev–Trinajstić information content (AvgIpc) is 2.89. The zero-order valence-corrected chi connectivity index (χ0v) is 22.2. The van der Waals surface area contributed by atoms with Crippen LogP contribution in [0.5, 0.6) is 11.5 Å². The lowest BCUT2D eigenvalue weighted by Gasteiger charge is -2.14. The van der Waals surface area contributed by atoms with Gasteiger partial charge in [-0.3, -0.25) is 14.9 Å². The Kier molecular flexibility index (Phi) is 8.68. The smallest absolute Gasteiger partial charge is 0.269 e. The molecule has 1 amide bonds. The molecule has 0 bridgehead atoms. The summed E-state index contributed by atoms with van der Waals surface area (Å²) in [6.45, 7) is 2.54. The SMILES string of the molecule is CCOc1cc(/C=N\NC(=O)Cc2cccc3ccccc23)cc(I)c1OCc1ccc([N+](=O)[O-])cc1. The van der Waals surface area contributed by atoms with Crippen LogP contribution in [0.15, 0.2) is 84.0 Å². The average molecular weight is 609 g/mol. The van der Waals surface area contributed by atoms with Gasteiger partial charge >= 0.3 is 0 Å². The first-order chi connectivity index (χ1) is 17.9. The van der Waals surface area contributed by atoms with Crippen LogP contribution in [0.25, 0.3) is 10.8 Å². The molecule has 4 aromatic rings. The normalized spacial score (nSPS) is 11.0. The van der Waals surface area contributed by atoms with Gasteiger partial charge in [-0.05, 0) is 81.2 Å². The van der Waals surface area contributed by atoms with Crippen molar-refractivity contribution in [1.82, 2.24) is 5.43 Å². The molecule has 0 aliphatic rings. The van der Waals surface area contributed by atoms with Crippen LogP contribution >= 0.6 is 22.6 Å². The summed E-state index contributed by atoms with van der Waals surface area (Å²) in [6.07, 6.45) is 1.78. The summed E-state index contributed by atoms with van der Waals surface area (Å²) in [5, 5.41) is 17.1. The minimum atomic E-state index is -0.437. The molecule has 0 fully saturated rings. The van der Waals surface area contributed by atoms with E-state index in [1.807, 2.05) is 55.5 Å². The van der Waals surface area contributed by atoms with Gasteiger partial charge in [-0.25, -0.2) is 5.43 Å².